The van der Waals surface area contributed by atoms with Crippen LogP contribution >= 0.6 is 0 Å². The summed E-state index contributed by atoms with van der Waals surface area (Å²) >= 11 is 0. The Hall–Kier alpha value is -2.45. The number of hydrogen-bond donors (Lipinski definition) is 3. The van der Waals surface area contributed by atoms with Crippen LogP contribution in [0.2, 0.25) is 0 Å². The summed E-state index contributed by atoms with van der Waals surface area (Å²) in [5.74, 6) is -1.10. The van der Waals surface area contributed by atoms with Crippen molar-refractivity contribution in [3.05, 3.63) is 35.9 Å². The Morgan fingerprint density at radius 1 is 1.11 bits per heavy atom. The lowest BCUT2D eigenvalue weighted by Gasteiger charge is -2.35. The van der Waals surface area contributed by atoms with Gasteiger partial charge in [0.2, 0.25) is 0 Å². The third kappa shape index (κ3) is 1.77. The van der Waals surface area contributed by atoms with Crippen molar-refractivity contribution in [2.24, 2.45) is 22.0 Å². The number of nitriles is 2. The standard InChI is InChI=1S/C20H23N5O2/c1-26-20(27-2)19(14-22)17(18(19,13-21)16(23)24-20)8-10-25(11-9-17)12-15-6-4-3-5-7-15/h3-7H,8-12H2,1-2H3,(H2,23,24)/p+2/t18-,19+/m1/s1. The van der Waals surface area contributed by atoms with E-state index >= 15 is 0 Å². The number of methoxy groups -OCH3 is 2. The number of nitrogens with one attached hydrogen (secondary N) is 2. The summed E-state index contributed by atoms with van der Waals surface area (Å²) in [6.45, 7) is 2.68. The van der Waals surface area contributed by atoms with Crippen molar-refractivity contribution in [3.63, 3.8) is 0 Å². The maximum absolute atomic E-state index is 10.2. The van der Waals surface area contributed by atoms with Gasteiger partial charge in [-0.05, 0) is 0 Å². The number of piperidine rings is 1. The number of nitrogens with zero attached hydrogens (tertiary/aromatic N) is 2. The lowest BCUT2D eigenvalue weighted by Crippen LogP contribution is -3.12. The highest BCUT2D eigenvalue weighted by Crippen LogP contribution is 2.84. The van der Waals surface area contributed by atoms with Gasteiger partial charge in [0.05, 0.1) is 25.2 Å². The zero-order valence-corrected chi connectivity index (χ0v) is 15.7. The summed E-state index contributed by atoms with van der Waals surface area (Å²) < 4.78 is 11.3. The summed E-state index contributed by atoms with van der Waals surface area (Å²) in [6.07, 6.45) is 1.46. The van der Waals surface area contributed by atoms with Crippen LogP contribution in [0.3, 0.4) is 0 Å². The molecule has 0 amide bonds. The molecule has 2 fully saturated rings. The first kappa shape index (κ1) is 17.9. The first-order chi connectivity index (χ1) is 13.0. The van der Waals surface area contributed by atoms with Crippen LogP contribution in [-0.2, 0) is 16.0 Å². The van der Waals surface area contributed by atoms with Gasteiger partial charge in [0.25, 0.3) is 5.84 Å². The minimum atomic E-state index is -1.39. The maximum Gasteiger partial charge on any atom is 0.342 e. The predicted molar refractivity (Wildman–Crippen MR) is 95.5 cm³/mol. The topological polar surface area (TPSA) is 110 Å². The fourth-order valence-electron chi connectivity index (χ4n) is 5.93. The van der Waals surface area contributed by atoms with Crippen LogP contribution in [-0.4, -0.2) is 39.1 Å². The van der Waals surface area contributed by atoms with Gasteiger partial charge in [0.1, 0.15) is 6.54 Å². The molecule has 2 aliphatic heterocycles. The molecule has 1 saturated heterocycles. The van der Waals surface area contributed by atoms with Gasteiger partial charge in [0, 0.05) is 38.0 Å². The van der Waals surface area contributed by atoms with E-state index in [0.717, 1.165) is 32.5 Å². The number of fused-ring (bicyclic) bond motifs is 3. The molecular formula is C20H25N5O2+2. The number of likely N-dealkylation sites (tertiary alicyclic amines) is 1. The molecule has 1 saturated carbocycles. The minimum absolute atomic E-state index is 0.293. The van der Waals surface area contributed by atoms with Crippen molar-refractivity contribution in [1.29, 1.82) is 10.5 Å². The van der Waals surface area contributed by atoms with Gasteiger partial charge in [-0.1, -0.05) is 30.3 Å². The second-order valence-electron chi connectivity index (χ2n) is 7.78. The summed E-state index contributed by atoms with van der Waals surface area (Å²) in [6, 6.07) is 15.2. The third-order valence-electron chi connectivity index (χ3n) is 7.15. The summed E-state index contributed by atoms with van der Waals surface area (Å²) in [7, 11) is 2.97. The normalized spacial score (nSPS) is 38.5. The number of hydrogen-bond acceptors (Lipinski definition) is 5. The molecule has 1 aromatic carbocycles. The second-order valence-corrected chi connectivity index (χ2v) is 7.78. The first-order valence-electron chi connectivity index (χ1n) is 9.24. The fourth-order valence-corrected chi connectivity index (χ4v) is 5.93. The Kier molecular flexibility index (Phi) is 3.83. The van der Waals surface area contributed by atoms with E-state index in [0.29, 0.717) is 5.84 Å². The molecule has 2 heterocycles. The van der Waals surface area contributed by atoms with Crippen LogP contribution in [0, 0.1) is 38.9 Å². The molecule has 4 rings (SSSR count). The van der Waals surface area contributed by atoms with E-state index in [2.05, 4.69) is 29.3 Å². The van der Waals surface area contributed by atoms with Crippen molar-refractivity contribution >= 4 is 5.84 Å². The molecule has 7 nitrogen and oxygen atoms in total. The van der Waals surface area contributed by atoms with Crippen molar-refractivity contribution in [2.45, 2.75) is 25.3 Å². The lowest BCUT2D eigenvalue weighted by molar-refractivity contribution is -0.920. The van der Waals surface area contributed by atoms with Crippen LogP contribution in [0.5, 0.6) is 0 Å². The average Bonchev–Trinajstić information content (AvgIpc) is 3.13. The second kappa shape index (κ2) is 5.77. The molecular weight excluding hydrogens is 342 g/mol. The van der Waals surface area contributed by atoms with E-state index < -0.39 is 22.2 Å². The molecule has 0 radical (unpaired) electrons. The highest BCUT2D eigenvalue weighted by molar-refractivity contribution is 5.95. The van der Waals surface area contributed by atoms with E-state index in [1.165, 1.54) is 24.7 Å². The first-order valence-corrected chi connectivity index (χ1v) is 9.24. The highest BCUT2D eigenvalue weighted by Gasteiger charge is 3.03. The van der Waals surface area contributed by atoms with Gasteiger partial charge in [-0.25, -0.2) is 4.99 Å². The predicted octanol–water partition coefficient (Wildman–Crippen LogP) is -1.72. The molecule has 0 unspecified atom stereocenters. The molecule has 1 spiro atoms. The van der Waals surface area contributed by atoms with Crippen LogP contribution in [0.25, 0.3) is 0 Å². The van der Waals surface area contributed by atoms with E-state index in [4.69, 9.17) is 15.2 Å². The van der Waals surface area contributed by atoms with E-state index in [9.17, 15) is 10.5 Å². The number of quaternary nitrogens is 1. The minimum Gasteiger partial charge on any atom is -0.331 e. The molecule has 3 aliphatic rings. The van der Waals surface area contributed by atoms with Crippen LogP contribution in [0.1, 0.15) is 18.4 Å². The van der Waals surface area contributed by atoms with Crippen molar-refractivity contribution in [2.75, 3.05) is 27.3 Å². The van der Waals surface area contributed by atoms with Crippen LogP contribution < -0.4 is 15.6 Å². The zero-order chi connectivity index (χ0) is 19.3. The lowest BCUT2D eigenvalue weighted by atomic mass is 9.80. The van der Waals surface area contributed by atoms with Gasteiger partial charge >= 0.3 is 5.91 Å². The Morgan fingerprint density at radius 2 is 1.74 bits per heavy atom. The van der Waals surface area contributed by atoms with Crippen molar-refractivity contribution in [1.82, 2.24) is 0 Å². The quantitative estimate of drug-likeness (QED) is 0.549. The van der Waals surface area contributed by atoms with Crippen LogP contribution in [0.4, 0.5) is 0 Å². The molecule has 4 N–H and O–H groups in total. The smallest absolute Gasteiger partial charge is 0.331 e. The van der Waals surface area contributed by atoms with Gasteiger partial charge in [0.15, 0.2) is 10.8 Å². The number of rotatable bonds is 4. The summed E-state index contributed by atoms with van der Waals surface area (Å²) in [4.78, 5) is 4.42. The Balaban J connectivity index is 1.65. The molecule has 2 atom stereocenters. The SMILES string of the molecule is COC1(OC)[NH+]=C(N)[C@]2(C#N)C3(CC[NH+](Cc4ccccc4)CC3)[C@]12C#N. The zero-order valence-electron chi connectivity index (χ0n) is 15.7. The van der Waals surface area contributed by atoms with Gasteiger partial charge in [-0.15, -0.1) is 0 Å². The van der Waals surface area contributed by atoms with Gasteiger partial charge in [-0.2, -0.15) is 10.5 Å². The summed E-state index contributed by atoms with van der Waals surface area (Å²) in [5.41, 5.74) is 4.79. The fraction of sp³-hybridized carbons (Fsp3) is 0.550. The van der Waals surface area contributed by atoms with Crippen molar-refractivity contribution in [3.8, 4) is 12.1 Å². The summed E-state index contributed by atoms with van der Waals surface area (Å²) in [5, 5.41) is 20.3. The third-order valence-corrected chi connectivity index (χ3v) is 7.15. The van der Waals surface area contributed by atoms with Gasteiger partial charge in [-0.3, -0.25) is 5.73 Å². The Bertz CT molecular complexity index is 859. The number of benzene rings is 1. The van der Waals surface area contributed by atoms with E-state index in [1.807, 2.05) is 18.2 Å². The number of amidine groups is 1. The monoisotopic (exact) mass is 367 g/mol. The molecule has 7 heteroatoms. The average molecular weight is 367 g/mol. The van der Waals surface area contributed by atoms with E-state index in [1.54, 1.807) is 0 Å². The van der Waals surface area contributed by atoms with Crippen molar-refractivity contribution < 1.29 is 19.4 Å². The number of nitrogens with two attached hydrogens (primary N) is 1. The highest BCUT2D eigenvalue weighted by atomic mass is 16.7. The molecule has 1 aromatic rings. The van der Waals surface area contributed by atoms with Crippen LogP contribution in [0.15, 0.2) is 30.3 Å². The maximum atomic E-state index is 10.2. The Labute approximate surface area is 159 Å². The van der Waals surface area contributed by atoms with Gasteiger partial charge < -0.3 is 14.4 Å². The molecule has 0 aromatic heterocycles. The molecule has 1 aliphatic carbocycles. The molecule has 0 bridgehead atoms. The van der Waals surface area contributed by atoms with E-state index in [-0.39, 0.29) is 0 Å². The Morgan fingerprint density at radius 3 is 2.26 bits per heavy atom. The molecule has 27 heavy (non-hydrogen) atoms. The number of ether oxygens (including phenoxy) is 2. The largest absolute Gasteiger partial charge is 0.342 e. The molecule has 140 valence electrons.